The Morgan fingerprint density at radius 2 is 2.18 bits per heavy atom. The van der Waals surface area contributed by atoms with Crippen LogP contribution in [0.4, 0.5) is 4.39 Å². The first-order valence-corrected chi connectivity index (χ1v) is 4.11. The SMILES string of the molecule is C/C=C\c1ccc(F)c(Br)c1. The van der Waals surface area contributed by atoms with Crippen molar-refractivity contribution in [3.63, 3.8) is 0 Å². The van der Waals surface area contributed by atoms with E-state index in [9.17, 15) is 4.39 Å². The van der Waals surface area contributed by atoms with Gasteiger partial charge in [0.2, 0.25) is 0 Å². The Balaban J connectivity index is 3.05. The first kappa shape index (κ1) is 8.47. The van der Waals surface area contributed by atoms with Gasteiger partial charge in [0, 0.05) is 0 Å². The molecule has 0 saturated heterocycles. The number of hydrogen-bond donors (Lipinski definition) is 0. The molecular formula is C9H8BrF. The van der Waals surface area contributed by atoms with Gasteiger partial charge in [-0.1, -0.05) is 18.2 Å². The van der Waals surface area contributed by atoms with Crippen LogP contribution in [0.15, 0.2) is 28.7 Å². The number of benzene rings is 1. The molecule has 0 atom stereocenters. The van der Waals surface area contributed by atoms with Crippen molar-refractivity contribution >= 4 is 22.0 Å². The second-order valence-corrected chi connectivity index (χ2v) is 3.03. The van der Waals surface area contributed by atoms with E-state index in [2.05, 4.69) is 15.9 Å². The van der Waals surface area contributed by atoms with E-state index in [0.717, 1.165) is 5.56 Å². The van der Waals surface area contributed by atoms with E-state index in [1.165, 1.54) is 6.07 Å². The zero-order chi connectivity index (χ0) is 8.27. The summed E-state index contributed by atoms with van der Waals surface area (Å²) in [7, 11) is 0. The quantitative estimate of drug-likeness (QED) is 0.671. The minimum absolute atomic E-state index is 0.224. The molecule has 0 nitrogen and oxygen atoms in total. The minimum Gasteiger partial charge on any atom is -0.206 e. The second-order valence-electron chi connectivity index (χ2n) is 2.17. The number of hydrogen-bond acceptors (Lipinski definition) is 0. The smallest absolute Gasteiger partial charge is 0.137 e. The summed E-state index contributed by atoms with van der Waals surface area (Å²) < 4.78 is 13.2. The zero-order valence-electron chi connectivity index (χ0n) is 6.14. The van der Waals surface area contributed by atoms with Gasteiger partial charge in [0.05, 0.1) is 4.47 Å². The van der Waals surface area contributed by atoms with Gasteiger partial charge in [-0.05, 0) is 40.5 Å². The van der Waals surface area contributed by atoms with Crippen LogP contribution in [0.1, 0.15) is 12.5 Å². The summed E-state index contributed by atoms with van der Waals surface area (Å²) in [6, 6.07) is 4.93. The van der Waals surface area contributed by atoms with Crippen LogP contribution in [0, 0.1) is 5.82 Å². The molecule has 1 aromatic carbocycles. The fourth-order valence-corrected chi connectivity index (χ4v) is 1.20. The van der Waals surface area contributed by atoms with Crippen molar-refractivity contribution in [1.29, 1.82) is 0 Å². The number of halogens is 2. The van der Waals surface area contributed by atoms with Crippen LogP contribution in [0.2, 0.25) is 0 Å². The van der Waals surface area contributed by atoms with Gasteiger partial charge >= 0.3 is 0 Å². The van der Waals surface area contributed by atoms with E-state index in [4.69, 9.17) is 0 Å². The minimum atomic E-state index is -0.224. The van der Waals surface area contributed by atoms with Crippen molar-refractivity contribution < 1.29 is 4.39 Å². The van der Waals surface area contributed by atoms with Gasteiger partial charge in [-0.15, -0.1) is 0 Å². The van der Waals surface area contributed by atoms with Crippen LogP contribution < -0.4 is 0 Å². The average Bonchev–Trinajstić information content (AvgIpc) is 1.98. The molecule has 11 heavy (non-hydrogen) atoms. The van der Waals surface area contributed by atoms with Crippen molar-refractivity contribution in [3.8, 4) is 0 Å². The summed E-state index contributed by atoms with van der Waals surface area (Å²) in [5.74, 6) is -0.224. The Hall–Kier alpha value is -0.630. The van der Waals surface area contributed by atoms with Crippen molar-refractivity contribution in [1.82, 2.24) is 0 Å². The Labute approximate surface area is 73.9 Å². The standard InChI is InChI=1S/C9H8BrF/c1-2-3-7-4-5-9(11)8(10)6-7/h2-6H,1H3/b3-2-. The fourth-order valence-electron chi connectivity index (χ4n) is 0.809. The molecule has 0 amide bonds. The molecule has 0 N–H and O–H groups in total. The molecule has 0 spiro atoms. The van der Waals surface area contributed by atoms with E-state index >= 15 is 0 Å². The average molecular weight is 215 g/mol. The molecule has 0 bridgehead atoms. The zero-order valence-corrected chi connectivity index (χ0v) is 7.73. The van der Waals surface area contributed by atoms with Gasteiger partial charge in [0.15, 0.2) is 0 Å². The molecule has 0 heterocycles. The Morgan fingerprint density at radius 1 is 1.45 bits per heavy atom. The lowest BCUT2D eigenvalue weighted by molar-refractivity contribution is 0.621. The maximum absolute atomic E-state index is 12.7. The summed E-state index contributed by atoms with van der Waals surface area (Å²) in [6.07, 6.45) is 3.84. The predicted octanol–water partition coefficient (Wildman–Crippen LogP) is 3.62. The van der Waals surface area contributed by atoms with Gasteiger partial charge in [-0.3, -0.25) is 0 Å². The highest BCUT2D eigenvalue weighted by Crippen LogP contribution is 2.17. The van der Waals surface area contributed by atoms with Gasteiger partial charge in [0.1, 0.15) is 5.82 Å². The summed E-state index contributed by atoms with van der Waals surface area (Å²) in [5.41, 5.74) is 1.00. The monoisotopic (exact) mass is 214 g/mol. The lowest BCUT2D eigenvalue weighted by atomic mass is 10.2. The molecular weight excluding hydrogens is 207 g/mol. The molecule has 1 aromatic rings. The molecule has 0 saturated carbocycles. The summed E-state index contributed by atoms with van der Waals surface area (Å²) in [5, 5.41) is 0. The maximum Gasteiger partial charge on any atom is 0.137 e. The van der Waals surface area contributed by atoms with Gasteiger partial charge < -0.3 is 0 Å². The van der Waals surface area contributed by atoms with Crippen LogP contribution in [0.25, 0.3) is 6.08 Å². The van der Waals surface area contributed by atoms with E-state index in [1.54, 1.807) is 12.1 Å². The second kappa shape index (κ2) is 3.67. The lowest BCUT2D eigenvalue weighted by Crippen LogP contribution is -1.77. The Bertz CT molecular complexity index is 279. The van der Waals surface area contributed by atoms with Crippen molar-refractivity contribution in [2.24, 2.45) is 0 Å². The highest BCUT2D eigenvalue weighted by atomic mass is 79.9. The van der Waals surface area contributed by atoms with Crippen LogP contribution in [-0.4, -0.2) is 0 Å². The third-order valence-corrected chi connectivity index (χ3v) is 1.91. The molecule has 0 aliphatic carbocycles. The Morgan fingerprint density at radius 3 is 2.73 bits per heavy atom. The first-order chi connectivity index (χ1) is 5.24. The molecule has 58 valence electrons. The van der Waals surface area contributed by atoms with Crippen molar-refractivity contribution in [2.45, 2.75) is 6.92 Å². The molecule has 0 aliphatic rings. The third kappa shape index (κ3) is 2.15. The largest absolute Gasteiger partial charge is 0.206 e. The topological polar surface area (TPSA) is 0 Å². The van der Waals surface area contributed by atoms with E-state index in [1.807, 2.05) is 19.1 Å². The molecule has 0 fully saturated rings. The first-order valence-electron chi connectivity index (χ1n) is 3.32. The van der Waals surface area contributed by atoms with Crippen LogP contribution in [0.3, 0.4) is 0 Å². The molecule has 0 aromatic heterocycles. The highest BCUT2D eigenvalue weighted by Gasteiger charge is 1.96. The molecule has 0 unspecified atom stereocenters. The molecule has 0 radical (unpaired) electrons. The molecule has 0 aliphatic heterocycles. The fraction of sp³-hybridized carbons (Fsp3) is 0.111. The third-order valence-electron chi connectivity index (χ3n) is 1.30. The summed E-state index contributed by atoms with van der Waals surface area (Å²) in [4.78, 5) is 0. The van der Waals surface area contributed by atoms with Crippen molar-refractivity contribution in [2.75, 3.05) is 0 Å². The molecule has 1 rings (SSSR count). The molecule has 2 heteroatoms. The van der Waals surface area contributed by atoms with Crippen LogP contribution in [0.5, 0.6) is 0 Å². The van der Waals surface area contributed by atoms with E-state index in [0.29, 0.717) is 4.47 Å². The number of rotatable bonds is 1. The normalized spacial score (nSPS) is 10.8. The van der Waals surface area contributed by atoms with Gasteiger partial charge in [-0.2, -0.15) is 0 Å². The Kier molecular flexibility index (Phi) is 2.83. The summed E-state index contributed by atoms with van der Waals surface area (Å²) >= 11 is 3.11. The van der Waals surface area contributed by atoms with Crippen LogP contribution >= 0.6 is 15.9 Å². The van der Waals surface area contributed by atoms with Crippen molar-refractivity contribution in [3.05, 3.63) is 40.1 Å². The highest BCUT2D eigenvalue weighted by molar-refractivity contribution is 9.10. The van der Waals surface area contributed by atoms with E-state index in [-0.39, 0.29) is 5.82 Å². The summed E-state index contributed by atoms with van der Waals surface area (Å²) in [6.45, 7) is 1.93. The maximum atomic E-state index is 12.7. The van der Waals surface area contributed by atoms with Gasteiger partial charge in [0.25, 0.3) is 0 Å². The lowest BCUT2D eigenvalue weighted by Gasteiger charge is -1.95. The van der Waals surface area contributed by atoms with Crippen LogP contribution in [-0.2, 0) is 0 Å². The van der Waals surface area contributed by atoms with E-state index < -0.39 is 0 Å². The number of allylic oxidation sites excluding steroid dienone is 1. The van der Waals surface area contributed by atoms with Gasteiger partial charge in [-0.25, -0.2) is 4.39 Å². The predicted molar refractivity (Wildman–Crippen MR) is 48.8 cm³/mol.